The molecule has 0 aliphatic heterocycles. The number of halogens is 1. The van der Waals surface area contributed by atoms with Crippen LogP contribution in [0.5, 0.6) is 5.75 Å². The van der Waals surface area contributed by atoms with Crippen molar-refractivity contribution in [2.45, 2.75) is 26.8 Å². The molecule has 0 aromatic heterocycles. The van der Waals surface area contributed by atoms with Crippen molar-refractivity contribution in [3.05, 3.63) is 57.6 Å². The Labute approximate surface area is 122 Å². The molecule has 0 saturated carbocycles. The minimum absolute atomic E-state index is 0.208. The van der Waals surface area contributed by atoms with Crippen LogP contribution in [0.2, 0.25) is 0 Å². The number of nitrogens with one attached hydrogen (secondary N) is 1. The first-order valence-corrected chi connectivity index (χ1v) is 7.09. The average molecular weight is 320 g/mol. The lowest BCUT2D eigenvalue weighted by Crippen LogP contribution is -2.07. The molecule has 0 saturated heterocycles. The minimum atomic E-state index is 0.208. The Morgan fingerprint density at radius 1 is 1.11 bits per heavy atom. The van der Waals surface area contributed by atoms with E-state index in [0.717, 1.165) is 21.3 Å². The zero-order valence-electron chi connectivity index (χ0n) is 11.4. The van der Waals surface area contributed by atoms with Crippen LogP contribution in [0.25, 0.3) is 0 Å². The fraction of sp³-hybridized carbons (Fsp3) is 0.250. The third-order valence-corrected chi connectivity index (χ3v) is 3.76. The van der Waals surface area contributed by atoms with Gasteiger partial charge in [-0.05, 0) is 61.7 Å². The number of aromatic hydroxyl groups is 1. The molecule has 3 heteroatoms. The number of anilines is 1. The van der Waals surface area contributed by atoms with Crippen LogP contribution in [-0.2, 0) is 0 Å². The highest BCUT2D eigenvalue weighted by Gasteiger charge is 2.09. The highest BCUT2D eigenvalue weighted by molar-refractivity contribution is 9.10. The van der Waals surface area contributed by atoms with E-state index in [0.29, 0.717) is 5.75 Å². The van der Waals surface area contributed by atoms with Crippen molar-refractivity contribution < 1.29 is 5.11 Å². The Hall–Kier alpha value is -1.48. The molecule has 1 unspecified atom stereocenters. The molecule has 2 rings (SSSR count). The van der Waals surface area contributed by atoms with Gasteiger partial charge in [-0.1, -0.05) is 28.1 Å². The van der Waals surface area contributed by atoms with Crippen LogP contribution in [0.4, 0.5) is 5.69 Å². The van der Waals surface area contributed by atoms with Crippen LogP contribution in [0.15, 0.2) is 40.9 Å². The van der Waals surface area contributed by atoms with E-state index < -0.39 is 0 Å². The van der Waals surface area contributed by atoms with Gasteiger partial charge in [0.1, 0.15) is 5.75 Å². The molecule has 0 heterocycles. The van der Waals surface area contributed by atoms with E-state index >= 15 is 0 Å². The molecular weight excluding hydrogens is 302 g/mol. The highest BCUT2D eigenvalue weighted by Crippen LogP contribution is 2.28. The maximum atomic E-state index is 9.68. The minimum Gasteiger partial charge on any atom is -0.508 e. The Kier molecular flexibility index (Phi) is 4.15. The zero-order valence-corrected chi connectivity index (χ0v) is 13.0. The van der Waals surface area contributed by atoms with E-state index in [1.807, 2.05) is 32.0 Å². The monoisotopic (exact) mass is 319 g/mol. The summed E-state index contributed by atoms with van der Waals surface area (Å²) < 4.78 is 1.08. The van der Waals surface area contributed by atoms with Crippen LogP contribution < -0.4 is 5.32 Å². The topological polar surface area (TPSA) is 32.3 Å². The van der Waals surface area contributed by atoms with E-state index in [-0.39, 0.29) is 6.04 Å². The molecule has 2 nitrogen and oxygen atoms in total. The van der Waals surface area contributed by atoms with Crippen molar-refractivity contribution in [2.24, 2.45) is 0 Å². The van der Waals surface area contributed by atoms with Crippen molar-refractivity contribution in [1.82, 2.24) is 0 Å². The van der Waals surface area contributed by atoms with Gasteiger partial charge in [0, 0.05) is 16.2 Å². The van der Waals surface area contributed by atoms with Gasteiger partial charge in [-0.25, -0.2) is 0 Å². The second-order valence-electron chi connectivity index (χ2n) is 4.87. The first-order valence-electron chi connectivity index (χ1n) is 6.29. The van der Waals surface area contributed by atoms with Gasteiger partial charge in [0.25, 0.3) is 0 Å². The Morgan fingerprint density at radius 2 is 1.84 bits per heavy atom. The summed E-state index contributed by atoms with van der Waals surface area (Å²) in [5, 5.41) is 13.2. The van der Waals surface area contributed by atoms with E-state index in [2.05, 4.69) is 40.3 Å². The predicted octanol–water partition coefficient (Wildman–Crippen LogP) is 4.94. The van der Waals surface area contributed by atoms with Gasteiger partial charge in [-0.2, -0.15) is 0 Å². The third kappa shape index (κ3) is 3.29. The number of hydrogen-bond acceptors (Lipinski definition) is 2. The summed E-state index contributed by atoms with van der Waals surface area (Å²) in [4.78, 5) is 0. The number of phenols is 1. The summed E-state index contributed by atoms with van der Waals surface area (Å²) in [6.07, 6.45) is 0. The maximum Gasteiger partial charge on any atom is 0.118 e. The quantitative estimate of drug-likeness (QED) is 0.785. The van der Waals surface area contributed by atoms with Crippen LogP contribution in [0.3, 0.4) is 0 Å². The molecule has 2 aromatic rings. The smallest absolute Gasteiger partial charge is 0.118 e. The fourth-order valence-corrected chi connectivity index (χ4v) is 2.47. The average Bonchev–Trinajstić information content (AvgIpc) is 2.36. The molecule has 0 amide bonds. The molecule has 19 heavy (non-hydrogen) atoms. The second-order valence-corrected chi connectivity index (χ2v) is 5.79. The van der Waals surface area contributed by atoms with E-state index in [4.69, 9.17) is 0 Å². The lowest BCUT2D eigenvalue weighted by atomic mass is 10.1. The van der Waals surface area contributed by atoms with Crippen molar-refractivity contribution in [2.75, 3.05) is 5.32 Å². The molecule has 1 atom stereocenters. The summed E-state index contributed by atoms with van der Waals surface area (Å²) in [7, 11) is 0. The summed E-state index contributed by atoms with van der Waals surface area (Å²) in [5.74, 6) is 0.346. The Balaban J connectivity index is 2.24. The first-order chi connectivity index (χ1) is 8.97. The van der Waals surface area contributed by atoms with Crippen molar-refractivity contribution in [1.29, 1.82) is 0 Å². The largest absolute Gasteiger partial charge is 0.508 e. The van der Waals surface area contributed by atoms with Gasteiger partial charge in [0.05, 0.1) is 0 Å². The van der Waals surface area contributed by atoms with Gasteiger partial charge >= 0.3 is 0 Å². The van der Waals surface area contributed by atoms with Crippen molar-refractivity contribution >= 4 is 21.6 Å². The lowest BCUT2D eigenvalue weighted by molar-refractivity contribution is 0.470. The standard InChI is InChI=1S/C16H18BrNO/c1-10-8-16(19)11(2)7-15(10)18-12(3)13-5-4-6-14(17)9-13/h4-9,12,18-19H,1-3H3. The molecule has 0 aliphatic carbocycles. The number of hydrogen-bond donors (Lipinski definition) is 2. The molecule has 0 fully saturated rings. The molecule has 0 bridgehead atoms. The van der Waals surface area contributed by atoms with Crippen LogP contribution in [0.1, 0.15) is 29.7 Å². The van der Waals surface area contributed by atoms with Gasteiger partial charge in [0.15, 0.2) is 0 Å². The molecular formula is C16H18BrNO. The zero-order chi connectivity index (χ0) is 14.0. The summed E-state index contributed by atoms with van der Waals surface area (Å²) in [5.41, 5.74) is 4.21. The number of aryl methyl sites for hydroxylation is 2. The summed E-state index contributed by atoms with van der Waals surface area (Å²) in [6.45, 7) is 6.03. The summed E-state index contributed by atoms with van der Waals surface area (Å²) >= 11 is 3.49. The SMILES string of the molecule is Cc1cc(NC(C)c2cccc(Br)c2)c(C)cc1O. The molecule has 2 aromatic carbocycles. The van der Waals surface area contributed by atoms with Crippen molar-refractivity contribution in [3.63, 3.8) is 0 Å². The molecule has 100 valence electrons. The summed E-state index contributed by atoms with van der Waals surface area (Å²) in [6, 6.07) is 12.3. The van der Waals surface area contributed by atoms with Crippen molar-refractivity contribution in [3.8, 4) is 5.75 Å². The van der Waals surface area contributed by atoms with Crippen LogP contribution in [-0.4, -0.2) is 5.11 Å². The number of benzene rings is 2. The third-order valence-electron chi connectivity index (χ3n) is 3.26. The van der Waals surface area contributed by atoms with E-state index in [1.54, 1.807) is 6.07 Å². The van der Waals surface area contributed by atoms with Gasteiger partial charge in [-0.15, -0.1) is 0 Å². The van der Waals surface area contributed by atoms with Crippen LogP contribution in [0, 0.1) is 13.8 Å². The predicted molar refractivity (Wildman–Crippen MR) is 83.8 cm³/mol. The number of phenolic OH excluding ortho intramolecular Hbond substituents is 1. The first kappa shape index (κ1) is 13.9. The lowest BCUT2D eigenvalue weighted by Gasteiger charge is -2.18. The Morgan fingerprint density at radius 3 is 2.53 bits per heavy atom. The fourth-order valence-electron chi connectivity index (χ4n) is 2.05. The van der Waals surface area contributed by atoms with Crippen LogP contribution >= 0.6 is 15.9 Å². The molecule has 2 N–H and O–H groups in total. The maximum absolute atomic E-state index is 9.68. The van der Waals surface area contributed by atoms with Gasteiger partial charge in [0.2, 0.25) is 0 Å². The van der Waals surface area contributed by atoms with Gasteiger partial charge in [-0.3, -0.25) is 0 Å². The molecule has 0 radical (unpaired) electrons. The normalized spacial score (nSPS) is 12.2. The molecule has 0 aliphatic rings. The van der Waals surface area contributed by atoms with Gasteiger partial charge < -0.3 is 10.4 Å². The van der Waals surface area contributed by atoms with E-state index in [9.17, 15) is 5.11 Å². The number of rotatable bonds is 3. The van der Waals surface area contributed by atoms with E-state index in [1.165, 1.54) is 5.56 Å². The highest BCUT2D eigenvalue weighted by atomic mass is 79.9. The second kappa shape index (κ2) is 5.66. The molecule has 0 spiro atoms. The Bertz CT molecular complexity index is 595.